The fraction of sp³-hybridized carbons (Fsp3) is 0.682. The topological polar surface area (TPSA) is 112 Å². The molecule has 2 aliphatic carbocycles. The number of rotatable bonds is 4. The van der Waals surface area contributed by atoms with Crippen molar-refractivity contribution in [3.63, 3.8) is 0 Å². The quantitative estimate of drug-likeness (QED) is 0.317. The summed E-state index contributed by atoms with van der Waals surface area (Å²) >= 11 is 0. The number of fused-ring (bicyclic) bond motifs is 1. The molecule has 0 aromatic heterocycles. The summed E-state index contributed by atoms with van der Waals surface area (Å²) in [5, 5.41) is 11.4. The first-order chi connectivity index (χ1) is 14.0. The third kappa shape index (κ3) is 2.84. The average molecular weight is 420 g/mol. The molecule has 2 heterocycles. The minimum atomic E-state index is -1.21. The van der Waals surface area contributed by atoms with Gasteiger partial charge in [-0.2, -0.15) is 0 Å². The van der Waals surface area contributed by atoms with Crippen molar-refractivity contribution in [1.82, 2.24) is 0 Å². The lowest BCUT2D eigenvalue weighted by Crippen LogP contribution is -2.47. The van der Waals surface area contributed by atoms with Crippen LogP contribution in [0, 0.1) is 5.92 Å². The van der Waals surface area contributed by atoms with Crippen LogP contribution in [-0.2, 0) is 33.3 Å². The smallest absolute Gasteiger partial charge is 0.338 e. The van der Waals surface area contributed by atoms with E-state index in [-0.39, 0.29) is 24.5 Å². The average Bonchev–Trinajstić information content (AvgIpc) is 2.98. The van der Waals surface area contributed by atoms with Gasteiger partial charge in [0, 0.05) is 30.4 Å². The Bertz CT molecular complexity index is 884. The summed E-state index contributed by atoms with van der Waals surface area (Å²) in [6, 6.07) is 0. The summed E-state index contributed by atoms with van der Waals surface area (Å²) in [5.74, 6) is -1.98. The number of ether oxygens (including phenoxy) is 4. The monoisotopic (exact) mass is 420 g/mol. The maximum atomic E-state index is 12.8. The number of aliphatic hydroxyl groups is 1. The number of allylic oxidation sites excluding steroid dienone is 1. The highest BCUT2D eigenvalue weighted by Gasteiger charge is 2.83. The maximum Gasteiger partial charge on any atom is 0.338 e. The second-order valence-corrected chi connectivity index (χ2v) is 9.14. The first kappa shape index (κ1) is 21.1. The molecule has 0 unspecified atom stereocenters. The van der Waals surface area contributed by atoms with Gasteiger partial charge in [-0.25, -0.2) is 9.59 Å². The second kappa shape index (κ2) is 6.65. The van der Waals surface area contributed by atoms with Crippen LogP contribution in [0.2, 0.25) is 0 Å². The SMILES string of the molecule is C/C=C(/C)C(=O)O[C@H]1C[C@@](C)(O)[C@@H]2CC[C@@]3(C)O[C@@]23[C@H]2OC(=O)C(COC(C)=O)=C12. The van der Waals surface area contributed by atoms with E-state index in [2.05, 4.69) is 0 Å². The van der Waals surface area contributed by atoms with Crippen LogP contribution in [0.3, 0.4) is 0 Å². The molecular formula is C22H28O8. The molecule has 4 rings (SSSR count). The Kier molecular flexibility index (Phi) is 4.67. The molecule has 4 aliphatic rings. The van der Waals surface area contributed by atoms with E-state index in [4.69, 9.17) is 18.9 Å². The van der Waals surface area contributed by atoms with Crippen LogP contribution in [0.4, 0.5) is 0 Å². The molecule has 0 amide bonds. The number of hydrogen-bond donors (Lipinski definition) is 1. The van der Waals surface area contributed by atoms with Crippen LogP contribution in [0.25, 0.3) is 0 Å². The van der Waals surface area contributed by atoms with Crippen LogP contribution in [0.5, 0.6) is 0 Å². The second-order valence-electron chi connectivity index (χ2n) is 9.14. The van der Waals surface area contributed by atoms with Gasteiger partial charge >= 0.3 is 17.9 Å². The van der Waals surface area contributed by atoms with Crippen molar-refractivity contribution in [2.75, 3.05) is 6.61 Å². The minimum absolute atomic E-state index is 0.0909. The predicted octanol–water partition coefficient (Wildman–Crippen LogP) is 1.74. The van der Waals surface area contributed by atoms with E-state index in [1.807, 2.05) is 6.92 Å². The van der Waals surface area contributed by atoms with Crippen molar-refractivity contribution in [2.45, 2.75) is 82.9 Å². The van der Waals surface area contributed by atoms with Gasteiger partial charge in [0.05, 0.1) is 16.8 Å². The third-order valence-electron chi connectivity index (χ3n) is 7.22. The predicted molar refractivity (Wildman–Crippen MR) is 103 cm³/mol. The fourth-order valence-corrected chi connectivity index (χ4v) is 5.54. The number of hydrogen-bond acceptors (Lipinski definition) is 8. The molecule has 30 heavy (non-hydrogen) atoms. The highest BCUT2D eigenvalue weighted by atomic mass is 16.7. The number of carbonyl (C=O) groups is 3. The van der Waals surface area contributed by atoms with E-state index in [0.717, 1.165) is 6.42 Å². The molecule has 0 aromatic carbocycles. The van der Waals surface area contributed by atoms with E-state index in [9.17, 15) is 19.5 Å². The van der Waals surface area contributed by atoms with E-state index in [0.29, 0.717) is 17.6 Å². The van der Waals surface area contributed by atoms with Crippen molar-refractivity contribution in [1.29, 1.82) is 0 Å². The van der Waals surface area contributed by atoms with Crippen molar-refractivity contribution in [3.8, 4) is 0 Å². The Morgan fingerprint density at radius 2 is 2.00 bits per heavy atom. The Labute approximate surface area is 175 Å². The van der Waals surface area contributed by atoms with Gasteiger partial charge in [0.25, 0.3) is 0 Å². The summed E-state index contributed by atoms with van der Waals surface area (Å²) in [6.07, 6.45) is 1.46. The van der Waals surface area contributed by atoms with Gasteiger partial charge in [-0.05, 0) is 40.5 Å². The Morgan fingerprint density at radius 1 is 1.30 bits per heavy atom. The first-order valence-electron chi connectivity index (χ1n) is 10.3. The van der Waals surface area contributed by atoms with Gasteiger partial charge in [0.2, 0.25) is 0 Å². The van der Waals surface area contributed by atoms with Crippen LogP contribution in [0.1, 0.15) is 53.9 Å². The lowest BCUT2D eigenvalue weighted by atomic mass is 9.76. The van der Waals surface area contributed by atoms with Crippen molar-refractivity contribution < 1.29 is 38.4 Å². The standard InChI is InChI=1S/C22H28O8/c1-6-11(2)18(24)28-14-9-20(4,26)15-7-8-21(5)22(15,30-21)17-16(14)13(19(25)29-17)10-27-12(3)23/h6,14-15,17,26H,7-10H2,1-5H3/b11-6-/t14-,15-,17-,20+,21+,22+/m0/s1. The fourth-order valence-electron chi connectivity index (χ4n) is 5.54. The Hall–Kier alpha value is -2.19. The molecule has 6 atom stereocenters. The van der Waals surface area contributed by atoms with Gasteiger partial charge in [-0.3, -0.25) is 4.79 Å². The highest BCUT2D eigenvalue weighted by molar-refractivity contribution is 5.94. The third-order valence-corrected chi connectivity index (χ3v) is 7.22. The van der Waals surface area contributed by atoms with Gasteiger partial charge < -0.3 is 24.1 Å². The van der Waals surface area contributed by atoms with Crippen LogP contribution >= 0.6 is 0 Å². The zero-order chi connectivity index (χ0) is 22.1. The molecule has 3 fully saturated rings. The van der Waals surface area contributed by atoms with E-state index < -0.39 is 46.9 Å². The zero-order valence-corrected chi connectivity index (χ0v) is 17.9. The molecule has 1 spiro atoms. The van der Waals surface area contributed by atoms with E-state index in [1.165, 1.54) is 6.92 Å². The lowest BCUT2D eigenvalue weighted by Gasteiger charge is -2.34. The maximum absolute atomic E-state index is 12.8. The molecule has 2 saturated carbocycles. The molecule has 2 aliphatic heterocycles. The van der Waals surface area contributed by atoms with E-state index >= 15 is 0 Å². The Morgan fingerprint density at radius 3 is 2.60 bits per heavy atom. The highest BCUT2D eigenvalue weighted by Crippen LogP contribution is 2.70. The minimum Gasteiger partial charge on any atom is -0.461 e. The van der Waals surface area contributed by atoms with Gasteiger partial charge in [0.1, 0.15) is 18.3 Å². The number of epoxide rings is 1. The van der Waals surface area contributed by atoms with Crippen LogP contribution in [0.15, 0.2) is 22.8 Å². The molecular weight excluding hydrogens is 392 g/mol. The summed E-state index contributed by atoms with van der Waals surface area (Å²) in [5.41, 5.74) is -1.62. The zero-order valence-electron chi connectivity index (χ0n) is 17.9. The molecule has 8 nitrogen and oxygen atoms in total. The molecule has 1 saturated heterocycles. The summed E-state index contributed by atoms with van der Waals surface area (Å²) in [4.78, 5) is 36.7. The largest absolute Gasteiger partial charge is 0.461 e. The van der Waals surface area contributed by atoms with Crippen LogP contribution in [-0.4, -0.2) is 58.6 Å². The van der Waals surface area contributed by atoms with Crippen molar-refractivity contribution in [3.05, 3.63) is 22.8 Å². The van der Waals surface area contributed by atoms with Gasteiger partial charge in [-0.15, -0.1) is 0 Å². The number of esters is 3. The lowest BCUT2D eigenvalue weighted by molar-refractivity contribution is -0.148. The molecule has 0 radical (unpaired) electrons. The Balaban J connectivity index is 1.82. The van der Waals surface area contributed by atoms with Crippen LogP contribution < -0.4 is 0 Å². The van der Waals surface area contributed by atoms with Crippen molar-refractivity contribution in [2.24, 2.45) is 5.92 Å². The van der Waals surface area contributed by atoms with Gasteiger partial charge in [-0.1, -0.05) is 6.08 Å². The summed E-state index contributed by atoms with van der Waals surface area (Å²) in [7, 11) is 0. The van der Waals surface area contributed by atoms with E-state index in [1.54, 1.807) is 26.8 Å². The normalized spacial score (nSPS) is 42.0. The molecule has 1 N–H and O–H groups in total. The van der Waals surface area contributed by atoms with Crippen molar-refractivity contribution >= 4 is 17.9 Å². The molecule has 8 heteroatoms. The summed E-state index contributed by atoms with van der Waals surface area (Å²) in [6.45, 7) is 7.99. The van der Waals surface area contributed by atoms with Gasteiger partial charge in [0.15, 0.2) is 6.10 Å². The molecule has 164 valence electrons. The number of carbonyl (C=O) groups excluding carboxylic acids is 3. The molecule has 0 bridgehead atoms. The molecule has 0 aromatic rings. The first-order valence-corrected chi connectivity index (χ1v) is 10.3. The summed E-state index contributed by atoms with van der Waals surface area (Å²) < 4.78 is 22.8.